The average Bonchev–Trinajstić information content (AvgIpc) is 3.41. The lowest BCUT2D eigenvalue weighted by molar-refractivity contribution is -0.136. The van der Waals surface area contributed by atoms with Crippen molar-refractivity contribution in [3.63, 3.8) is 0 Å². The van der Waals surface area contributed by atoms with Crippen molar-refractivity contribution in [2.75, 3.05) is 26.2 Å². The van der Waals surface area contributed by atoms with Gasteiger partial charge in [0.1, 0.15) is 0 Å². The van der Waals surface area contributed by atoms with Gasteiger partial charge < -0.3 is 15.1 Å². The summed E-state index contributed by atoms with van der Waals surface area (Å²) in [6.45, 7) is 6.89. The van der Waals surface area contributed by atoms with Crippen molar-refractivity contribution in [1.82, 2.24) is 24.9 Å². The lowest BCUT2D eigenvalue weighted by Crippen LogP contribution is -2.54. The van der Waals surface area contributed by atoms with Crippen molar-refractivity contribution in [2.45, 2.75) is 46.1 Å². The molecule has 0 atom stereocenters. The molecule has 2 aromatic rings. The van der Waals surface area contributed by atoms with Gasteiger partial charge in [0, 0.05) is 49.9 Å². The molecule has 0 unspecified atom stereocenters. The largest absolute Gasteiger partial charge is 0.339 e. The van der Waals surface area contributed by atoms with E-state index < -0.39 is 0 Å². The number of aromatic nitrogens is 2. The van der Waals surface area contributed by atoms with Crippen LogP contribution in [0.3, 0.4) is 0 Å². The van der Waals surface area contributed by atoms with Gasteiger partial charge in [-0.3, -0.25) is 4.79 Å². The van der Waals surface area contributed by atoms with E-state index in [0.29, 0.717) is 32.7 Å². The Labute approximate surface area is 178 Å². The second kappa shape index (κ2) is 8.90. The predicted octanol–water partition coefficient (Wildman–Crippen LogP) is 3.03. The summed E-state index contributed by atoms with van der Waals surface area (Å²) in [4.78, 5) is 29.0. The topological polar surface area (TPSA) is 70.5 Å². The van der Waals surface area contributed by atoms with E-state index in [2.05, 4.69) is 10.4 Å². The van der Waals surface area contributed by atoms with Crippen LogP contribution in [0.5, 0.6) is 0 Å². The molecule has 3 amide bonds. The zero-order chi connectivity index (χ0) is 21.1. The van der Waals surface area contributed by atoms with E-state index in [1.165, 1.54) is 12.8 Å². The normalized spacial score (nSPS) is 17.4. The zero-order valence-electron chi connectivity index (χ0n) is 17.9. The molecule has 1 saturated heterocycles. The molecular formula is C23H31N5O2. The Balaban J connectivity index is 1.31. The molecule has 1 aromatic heterocycles. The van der Waals surface area contributed by atoms with Crippen LogP contribution in [-0.2, 0) is 11.3 Å². The fourth-order valence-corrected chi connectivity index (χ4v) is 4.59. The number of hydrogen-bond acceptors (Lipinski definition) is 3. The van der Waals surface area contributed by atoms with Crippen molar-refractivity contribution in [1.29, 1.82) is 0 Å². The summed E-state index contributed by atoms with van der Waals surface area (Å²) in [7, 11) is 0. The Morgan fingerprint density at radius 1 is 1.00 bits per heavy atom. The number of para-hydroxylation sites is 1. The fraction of sp³-hybridized carbons (Fsp3) is 0.522. The minimum absolute atomic E-state index is 0.0748. The van der Waals surface area contributed by atoms with Gasteiger partial charge in [-0.25, -0.2) is 9.48 Å². The zero-order valence-corrected chi connectivity index (χ0v) is 17.9. The SMILES string of the molecule is Cc1nn(-c2ccccc2)c(C)c1CNC(=O)N1CCN(C(=O)C2CCCC2)CC1. The highest BCUT2D eigenvalue weighted by Gasteiger charge is 2.30. The van der Waals surface area contributed by atoms with Crippen molar-refractivity contribution < 1.29 is 9.59 Å². The van der Waals surface area contributed by atoms with Crippen LogP contribution < -0.4 is 5.32 Å². The number of benzene rings is 1. The molecule has 0 bridgehead atoms. The quantitative estimate of drug-likeness (QED) is 0.844. The number of urea groups is 1. The third-order valence-corrected chi connectivity index (χ3v) is 6.44. The summed E-state index contributed by atoms with van der Waals surface area (Å²) in [6, 6.07) is 9.93. The maximum atomic E-state index is 12.7. The molecule has 0 spiro atoms. The Morgan fingerprint density at radius 3 is 2.30 bits per heavy atom. The molecule has 7 heteroatoms. The van der Waals surface area contributed by atoms with Crippen LogP contribution in [-0.4, -0.2) is 57.7 Å². The van der Waals surface area contributed by atoms with Crippen LogP contribution in [0.25, 0.3) is 5.69 Å². The molecule has 0 radical (unpaired) electrons. The number of piperazine rings is 1. The summed E-state index contributed by atoms with van der Waals surface area (Å²) in [5, 5.41) is 7.69. The summed E-state index contributed by atoms with van der Waals surface area (Å²) >= 11 is 0. The number of rotatable bonds is 4. The molecule has 1 N–H and O–H groups in total. The average molecular weight is 410 g/mol. The molecule has 2 aliphatic rings. The second-order valence-electron chi connectivity index (χ2n) is 8.35. The van der Waals surface area contributed by atoms with E-state index in [0.717, 1.165) is 35.5 Å². The van der Waals surface area contributed by atoms with Crippen LogP contribution in [0.2, 0.25) is 0 Å². The summed E-state index contributed by atoms with van der Waals surface area (Å²) in [5.74, 6) is 0.490. The highest BCUT2D eigenvalue weighted by atomic mass is 16.2. The lowest BCUT2D eigenvalue weighted by Gasteiger charge is -2.36. The number of aryl methyl sites for hydroxylation is 1. The molecule has 4 rings (SSSR count). The first kappa shape index (κ1) is 20.4. The van der Waals surface area contributed by atoms with Crippen LogP contribution in [0, 0.1) is 19.8 Å². The van der Waals surface area contributed by atoms with E-state index in [9.17, 15) is 9.59 Å². The van der Waals surface area contributed by atoms with Gasteiger partial charge in [-0.2, -0.15) is 5.10 Å². The first-order chi connectivity index (χ1) is 14.5. The van der Waals surface area contributed by atoms with Gasteiger partial charge in [-0.1, -0.05) is 31.0 Å². The van der Waals surface area contributed by atoms with Gasteiger partial charge in [-0.15, -0.1) is 0 Å². The first-order valence-electron chi connectivity index (χ1n) is 11.0. The Bertz CT molecular complexity index is 894. The highest BCUT2D eigenvalue weighted by molar-refractivity contribution is 5.80. The number of nitrogens with zero attached hydrogens (tertiary/aromatic N) is 4. The van der Waals surface area contributed by atoms with Gasteiger partial charge in [0.15, 0.2) is 0 Å². The Hall–Kier alpha value is -2.83. The molecule has 2 fully saturated rings. The molecular weight excluding hydrogens is 378 g/mol. The van der Waals surface area contributed by atoms with Crippen LogP contribution in [0.15, 0.2) is 30.3 Å². The minimum atomic E-state index is -0.0748. The lowest BCUT2D eigenvalue weighted by atomic mass is 10.1. The Morgan fingerprint density at radius 2 is 1.63 bits per heavy atom. The summed E-state index contributed by atoms with van der Waals surface area (Å²) in [5.41, 5.74) is 4.01. The summed E-state index contributed by atoms with van der Waals surface area (Å²) in [6.07, 6.45) is 4.38. The number of hydrogen-bond donors (Lipinski definition) is 1. The van der Waals surface area contributed by atoms with E-state index in [4.69, 9.17) is 0 Å². The van der Waals surface area contributed by atoms with Crippen LogP contribution in [0.4, 0.5) is 4.79 Å². The molecule has 1 saturated carbocycles. The number of amides is 3. The fourth-order valence-electron chi connectivity index (χ4n) is 4.59. The maximum absolute atomic E-state index is 12.7. The highest BCUT2D eigenvalue weighted by Crippen LogP contribution is 2.27. The van der Waals surface area contributed by atoms with E-state index >= 15 is 0 Å². The van der Waals surface area contributed by atoms with Gasteiger partial charge in [0.25, 0.3) is 0 Å². The molecule has 2 heterocycles. The van der Waals surface area contributed by atoms with E-state index in [-0.39, 0.29) is 17.9 Å². The van der Waals surface area contributed by atoms with Crippen molar-refractivity contribution >= 4 is 11.9 Å². The van der Waals surface area contributed by atoms with E-state index in [1.54, 1.807) is 0 Å². The van der Waals surface area contributed by atoms with Gasteiger partial charge in [-0.05, 0) is 38.8 Å². The summed E-state index contributed by atoms with van der Waals surface area (Å²) < 4.78 is 1.92. The number of carbonyl (C=O) groups excluding carboxylic acids is 2. The van der Waals surface area contributed by atoms with Gasteiger partial charge >= 0.3 is 6.03 Å². The third-order valence-electron chi connectivity index (χ3n) is 6.44. The van der Waals surface area contributed by atoms with Crippen LogP contribution in [0.1, 0.15) is 42.6 Å². The van der Waals surface area contributed by atoms with Gasteiger partial charge in [0.2, 0.25) is 5.91 Å². The molecule has 1 aliphatic carbocycles. The number of carbonyl (C=O) groups is 2. The van der Waals surface area contributed by atoms with Gasteiger partial charge in [0.05, 0.1) is 11.4 Å². The smallest absolute Gasteiger partial charge is 0.317 e. The molecule has 1 aliphatic heterocycles. The van der Waals surface area contributed by atoms with Crippen molar-refractivity contribution in [2.24, 2.45) is 5.92 Å². The predicted molar refractivity (Wildman–Crippen MR) is 115 cm³/mol. The molecule has 1 aromatic carbocycles. The monoisotopic (exact) mass is 409 g/mol. The minimum Gasteiger partial charge on any atom is -0.339 e. The molecule has 160 valence electrons. The number of nitrogens with one attached hydrogen (secondary N) is 1. The van der Waals surface area contributed by atoms with Crippen molar-refractivity contribution in [3.8, 4) is 5.69 Å². The third kappa shape index (κ3) is 4.20. The standard InChI is InChI=1S/C23H31N5O2/c1-17-21(18(2)28(25-17)20-10-4-3-5-11-20)16-24-23(30)27-14-12-26(13-15-27)22(29)19-8-6-7-9-19/h3-5,10-11,19H,6-9,12-16H2,1-2H3,(H,24,30). The van der Waals surface area contributed by atoms with E-state index in [1.807, 2.05) is 58.7 Å². The second-order valence-corrected chi connectivity index (χ2v) is 8.35. The van der Waals surface area contributed by atoms with Crippen LogP contribution >= 0.6 is 0 Å². The molecule has 7 nitrogen and oxygen atoms in total. The first-order valence-corrected chi connectivity index (χ1v) is 11.0. The Kier molecular flexibility index (Phi) is 6.06. The maximum Gasteiger partial charge on any atom is 0.317 e. The van der Waals surface area contributed by atoms with Crippen molar-refractivity contribution in [3.05, 3.63) is 47.3 Å². The molecule has 30 heavy (non-hydrogen) atoms.